The van der Waals surface area contributed by atoms with E-state index in [2.05, 4.69) is 18.7 Å². The van der Waals surface area contributed by atoms with Crippen molar-refractivity contribution in [2.75, 3.05) is 13.7 Å². The Morgan fingerprint density at radius 1 is 1.36 bits per heavy atom. The summed E-state index contributed by atoms with van der Waals surface area (Å²) in [7, 11) is 1.57. The van der Waals surface area contributed by atoms with Crippen LogP contribution in [0.15, 0.2) is 22.9 Å². The van der Waals surface area contributed by atoms with Gasteiger partial charge in [0, 0.05) is 17.9 Å². The second-order valence-corrected chi connectivity index (χ2v) is 8.55. The molecule has 6 nitrogen and oxygen atoms in total. The van der Waals surface area contributed by atoms with Crippen LogP contribution in [-0.4, -0.2) is 48.0 Å². The molecule has 0 aromatic carbocycles. The van der Waals surface area contributed by atoms with E-state index in [0.29, 0.717) is 29.1 Å². The van der Waals surface area contributed by atoms with E-state index < -0.39 is 5.79 Å². The molecule has 1 spiro atoms. The van der Waals surface area contributed by atoms with Crippen molar-refractivity contribution in [3.05, 3.63) is 22.9 Å². The Bertz CT molecular complexity index is 787. The van der Waals surface area contributed by atoms with Crippen molar-refractivity contribution in [2.45, 2.75) is 57.1 Å². The summed E-state index contributed by atoms with van der Waals surface area (Å²) in [5.74, 6) is 1.58. The number of fused-ring (bicyclic) bond motifs is 1. The van der Waals surface area contributed by atoms with Crippen LogP contribution < -0.4 is 0 Å². The van der Waals surface area contributed by atoms with Crippen LogP contribution in [0.2, 0.25) is 0 Å². The van der Waals surface area contributed by atoms with Crippen LogP contribution in [-0.2, 0) is 23.7 Å². The number of ether oxygens (including phenoxy) is 4. The second kappa shape index (κ2) is 4.07. The number of nitrogens with zero attached hydrogens (tertiary/aromatic N) is 1. The molecule has 5 saturated heterocycles. The number of esters is 1. The molecule has 0 aromatic heterocycles. The molecule has 6 aliphatic heterocycles. The zero-order valence-corrected chi connectivity index (χ0v) is 15.0. The molecule has 0 saturated carbocycles. The molecule has 0 aromatic rings. The Hall–Kier alpha value is -1.53. The topological polar surface area (TPSA) is 57.2 Å². The van der Waals surface area contributed by atoms with Gasteiger partial charge in [0.05, 0.1) is 30.2 Å². The minimum absolute atomic E-state index is 0.100. The Morgan fingerprint density at radius 2 is 2.16 bits per heavy atom. The van der Waals surface area contributed by atoms with Gasteiger partial charge in [-0.25, -0.2) is 4.79 Å². The van der Waals surface area contributed by atoms with Gasteiger partial charge < -0.3 is 18.9 Å². The molecule has 0 aliphatic carbocycles. The van der Waals surface area contributed by atoms with Gasteiger partial charge in [-0.15, -0.1) is 0 Å². The fraction of sp³-hybridized carbons (Fsp3) is 0.737. The molecule has 6 heteroatoms. The molecule has 6 rings (SSSR count). The molecule has 2 unspecified atom stereocenters. The molecular formula is C19H23NO5. The Morgan fingerprint density at radius 3 is 2.92 bits per heavy atom. The zero-order chi connectivity index (χ0) is 17.3. The van der Waals surface area contributed by atoms with Gasteiger partial charge in [-0.05, 0) is 33.2 Å². The van der Waals surface area contributed by atoms with Gasteiger partial charge in [0.2, 0.25) is 11.5 Å². The molecule has 5 bridgehead atoms. The number of carbonyl (C=O) groups is 1. The Kier molecular flexibility index (Phi) is 2.38. The summed E-state index contributed by atoms with van der Waals surface area (Å²) in [6, 6.07) is 0.490. The Balaban J connectivity index is 1.52. The normalized spacial score (nSPS) is 57.4. The first-order chi connectivity index (χ1) is 11.9. The number of methoxy groups -OCH3 is 1. The molecule has 134 valence electrons. The molecule has 0 N–H and O–H groups in total. The third kappa shape index (κ3) is 1.29. The van der Waals surface area contributed by atoms with E-state index in [1.165, 1.54) is 0 Å². The maximum atomic E-state index is 12.1. The molecule has 0 radical (unpaired) electrons. The smallest absolute Gasteiger partial charge is 0.343 e. The highest BCUT2D eigenvalue weighted by Gasteiger charge is 2.83. The minimum atomic E-state index is -0.557. The van der Waals surface area contributed by atoms with E-state index in [1.54, 1.807) is 14.0 Å². The van der Waals surface area contributed by atoms with Gasteiger partial charge in [-0.3, -0.25) is 4.90 Å². The van der Waals surface area contributed by atoms with E-state index in [0.717, 1.165) is 25.1 Å². The summed E-state index contributed by atoms with van der Waals surface area (Å²) in [6.07, 6.45) is 2.45. The fourth-order valence-corrected chi connectivity index (χ4v) is 6.93. The van der Waals surface area contributed by atoms with E-state index in [4.69, 9.17) is 18.9 Å². The SMILES string of the molecule is COC1=C(C)C(=O)O/C1=C1\O[C@@]23O[C@H]4CC([C@H]2[C@@H]1C)N1CC[C@@H]3[C@@]41C. The number of cyclic esters (lactones) is 1. The van der Waals surface area contributed by atoms with E-state index in [-0.39, 0.29) is 29.4 Å². The number of rotatable bonds is 1. The average molecular weight is 345 g/mol. The van der Waals surface area contributed by atoms with Gasteiger partial charge in [0.1, 0.15) is 5.76 Å². The van der Waals surface area contributed by atoms with Crippen molar-refractivity contribution in [3.63, 3.8) is 0 Å². The van der Waals surface area contributed by atoms with E-state index in [9.17, 15) is 4.79 Å². The maximum absolute atomic E-state index is 12.1. The van der Waals surface area contributed by atoms with Crippen LogP contribution >= 0.6 is 0 Å². The Labute approximate surface area is 146 Å². The van der Waals surface area contributed by atoms with Gasteiger partial charge in [0.25, 0.3) is 0 Å². The van der Waals surface area contributed by atoms with Gasteiger partial charge >= 0.3 is 5.97 Å². The fourth-order valence-electron chi connectivity index (χ4n) is 6.93. The first kappa shape index (κ1) is 14.6. The molecule has 6 heterocycles. The second-order valence-electron chi connectivity index (χ2n) is 8.55. The van der Waals surface area contributed by atoms with Crippen molar-refractivity contribution in [3.8, 4) is 0 Å². The van der Waals surface area contributed by atoms with Crippen molar-refractivity contribution < 1.29 is 23.7 Å². The lowest BCUT2D eigenvalue weighted by Crippen LogP contribution is -2.60. The molecule has 25 heavy (non-hydrogen) atoms. The van der Waals surface area contributed by atoms with Crippen molar-refractivity contribution >= 4 is 5.97 Å². The molecular weight excluding hydrogens is 322 g/mol. The highest BCUT2D eigenvalue weighted by molar-refractivity contribution is 5.93. The first-order valence-corrected chi connectivity index (χ1v) is 9.28. The van der Waals surface area contributed by atoms with Crippen LogP contribution in [0.4, 0.5) is 0 Å². The van der Waals surface area contributed by atoms with Gasteiger partial charge in [-0.2, -0.15) is 0 Å². The predicted molar refractivity (Wildman–Crippen MR) is 85.8 cm³/mol. The summed E-state index contributed by atoms with van der Waals surface area (Å²) in [6.45, 7) is 7.39. The molecule has 5 fully saturated rings. The first-order valence-electron chi connectivity index (χ1n) is 9.28. The molecule has 6 aliphatic rings. The number of hydrogen-bond acceptors (Lipinski definition) is 6. The lowest BCUT2D eigenvalue weighted by atomic mass is 9.71. The quantitative estimate of drug-likeness (QED) is 0.677. The van der Waals surface area contributed by atoms with Gasteiger partial charge in [-0.1, -0.05) is 6.92 Å². The summed E-state index contributed by atoms with van der Waals surface area (Å²) >= 11 is 0. The van der Waals surface area contributed by atoms with Crippen LogP contribution in [0.25, 0.3) is 0 Å². The van der Waals surface area contributed by atoms with Crippen LogP contribution in [0.3, 0.4) is 0 Å². The van der Waals surface area contributed by atoms with E-state index >= 15 is 0 Å². The van der Waals surface area contributed by atoms with Crippen molar-refractivity contribution in [2.24, 2.45) is 17.8 Å². The summed E-state index contributed by atoms with van der Waals surface area (Å²) in [4.78, 5) is 14.7. The number of hydrogen-bond donors (Lipinski definition) is 0. The van der Waals surface area contributed by atoms with Crippen LogP contribution in [0.1, 0.15) is 33.6 Å². The largest absolute Gasteiger partial charge is 0.492 e. The average Bonchev–Trinajstić information content (AvgIpc) is 3.26. The maximum Gasteiger partial charge on any atom is 0.343 e. The number of carbonyl (C=O) groups excluding carboxylic acids is 1. The standard InChI is InChI=1S/C19H23NO5/c1-8-13-10-7-12-18(3)11(5-6-20(10)18)19(13,24-12)25-15(8)16-14(22-4)9(2)17(21)23-16/h8,10-13H,5-7H2,1-4H3/b16-15-/t8-,10?,11+,12-,13+,18-,19+/m0/s1. The third-order valence-electron chi connectivity index (χ3n) is 7.88. The predicted octanol–water partition coefficient (Wildman–Crippen LogP) is 1.92. The van der Waals surface area contributed by atoms with E-state index in [1.807, 2.05) is 0 Å². The van der Waals surface area contributed by atoms with Crippen LogP contribution in [0, 0.1) is 17.8 Å². The van der Waals surface area contributed by atoms with Crippen LogP contribution in [0.5, 0.6) is 0 Å². The lowest BCUT2D eigenvalue weighted by Gasteiger charge is -2.47. The third-order valence-corrected chi connectivity index (χ3v) is 7.88. The zero-order valence-electron chi connectivity index (χ0n) is 15.0. The minimum Gasteiger partial charge on any atom is -0.492 e. The summed E-state index contributed by atoms with van der Waals surface area (Å²) < 4.78 is 24.2. The lowest BCUT2D eigenvalue weighted by molar-refractivity contribution is -0.255. The number of allylic oxidation sites excluding steroid dienone is 1. The summed E-state index contributed by atoms with van der Waals surface area (Å²) in [5.41, 5.74) is 0.600. The summed E-state index contributed by atoms with van der Waals surface area (Å²) in [5, 5.41) is 0. The highest BCUT2D eigenvalue weighted by Crippen LogP contribution is 2.72. The molecule has 0 amide bonds. The molecule has 8 atom stereocenters. The monoisotopic (exact) mass is 345 g/mol. The van der Waals surface area contributed by atoms with Gasteiger partial charge in [0.15, 0.2) is 5.76 Å². The number of piperidine rings is 1. The van der Waals surface area contributed by atoms with Crippen molar-refractivity contribution in [1.29, 1.82) is 0 Å². The van der Waals surface area contributed by atoms with Crippen molar-refractivity contribution in [1.82, 2.24) is 4.90 Å². The highest BCUT2D eigenvalue weighted by atomic mass is 16.7.